The first-order valence-electron chi connectivity index (χ1n) is 12.1. The van der Waals surface area contributed by atoms with Crippen LogP contribution in [0.1, 0.15) is 29.7 Å². The van der Waals surface area contributed by atoms with Crippen molar-refractivity contribution in [2.45, 2.75) is 38.1 Å². The topological polar surface area (TPSA) is 93.0 Å². The molecule has 2 aromatic carbocycles. The summed E-state index contributed by atoms with van der Waals surface area (Å²) >= 11 is 1.47. The lowest BCUT2D eigenvalue weighted by molar-refractivity contribution is -0.123. The molecule has 10 heteroatoms. The molecule has 0 bridgehead atoms. The van der Waals surface area contributed by atoms with Gasteiger partial charge in [0.25, 0.3) is 0 Å². The highest BCUT2D eigenvalue weighted by atomic mass is 32.2. The van der Waals surface area contributed by atoms with Crippen LogP contribution in [-0.4, -0.2) is 43.8 Å². The summed E-state index contributed by atoms with van der Waals surface area (Å²) in [4.78, 5) is 20.6. The molecule has 5 rings (SSSR count). The van der Waals surface area contributed by atoms with Gasteiger partial charge in [0.2, 0.25) is 15.9 Å². The number of carbonyl (C=O) groups excluding carboxylic acids is 1. The lowest BCUT2D eigenvalue weighted by atomic mass is 9.98. The van der Waals surface area contributed by atoms with Gasteiger partial charge in [-0.2, -0.15) is 4.31 Å². The fourth-order valence-electron chi connectivity index (χ4n) is 4.76. The highest BCUT2D eigenvalue weighted by Gasteiger charge is 2.36. The number of rotatable bonds is 7. The zero-order valence-corrected chi connectivity index (χ0v) is 22.6. The van der Waals surface area contributed by atoms with Crippen LogP contribution < -0.4 is 9.64 Å². The first-order valence-corrected chi connectivity index (χ1v) is 14.4. The summed E-state index contributed by atoms with van der Waals surface area (Å²) in [5, 5.41) is 0.584. The van der Waals surface area contributed by atoms with Crippen LogP contribution in [0.2, 0.25) is 0 Å². The molecule has 8 nitrogen and oxygen atoms in total. The number of sulfonamides is 1. The first-order chi connectivity index (χ1) is 17.8. The van der Waals surface area contributed by atoms with E-state index in [9.17, 15) is 13.2 Å². The summed E-state index contributed by atoms with van der Waals surface area (Å²) in [6.07, 6.45) is 2.78. The molecule has 4 aromatic rings. The van der Waals surface area contributed by atoms with E-state index >= 15 is 0 Å². The summed E-state index contributed by atoms with van der Waals surface area (Å²) in [6.45, 7) is 4.78. The van der Waals surface area contributed by atoms with Crippen LogP contribution in [0, 0.1) is 19.8 Å². The SMILES string of the molecule is COc1ccc(S(=O)(=O)N2CCCC(C(=O)N(Cc3ccco3)c3nc4cc(C)cc(C)c4s3)C2)cc1. The highest BCUT2D eigenvalue weighted by Crippen LogP contribution is 2.35. The molecule has 1 amide bonds. The summed E-state index contributed by atoms with van der Waals surface area (Å²) < 4.78 is 39.9. The summed E-state index contributed by atoms with van der Waals surface area (Å²) in [6, 6.07) is 14.1. The van der Waals surface area contributed by atoms with Gasteiger partial charge in [0, 0.05) is 13.1 Å². The number of carbonyl (C=O) groups is 1. The first kappa shape index (κ1) is 25.4. The maximum Gasteiger partial charge on any atom is 0.243 e. The molecule has 0 radical (unpaired) electrons. The zero-order valence-electron chi connectivity index (χ0n) is 21.0. The Balaban J connectivity index is 1.44. The lowest BCUT2D eigenvalue weighted by Crippen LogP contribution is -2.46. The second kappa shape index (κ2) is 10.3. The van der Waals surface area contributed by atoms with Gasteiger partial charge in [-0.15, -0.1) is 0 Å². The van der Waals surface area contributed by atoms with Crippen molar-refractivity contribution >= 4 is 42.6 Å². The number of piperidine rings is 1. The fourth-order valence-corrected chi connectivity index (χ4v) is 7.30. The van der Waals surface area contributed by atoms with Crippen molar-refractivity contribution < 1.29 is 22.4 Å². The van der Waals surface area contributed by atoms with E-state index in [4.69, 9.17) is 14.1 Å². The minimum Gasteiger partial charge on any atom is -0.497 e. The van der Waals surface area contributed by atoms with E-state index in [-0.39, 0.29) is 23.9 Å². The maximum absolute atomic E-state index is 14.0. The second-order valence-corrected chi connectivity index (χ2v) is 12.2. The number of anilines is 1. The van der Waals surface area contributed by atoms with Crippen molar-refractivity contribution in [2.75, 3.05) is 25.1 Å². The van der Waals surface area contributed by atoms with E-state index in [0.717, 1.165) is 21.3 Å². The van der Waals surface area contributed by atoms with Gasteiger partial charge in [0.1, 0.15) is 11.5 Å². The molecule has 0 saturated carbocycles. The Bertz CT molecular complexity index is 1510. The Morgan fingerprint density at radius 3 is 2.70 bits per heavy atom. The molecular weight excluding hydrogens is 510 g/mol. The Kier molecular flexibility index (Phi) is 7.06. The molecule has 194 valence electrons. The smallest absolute Gasteiger partial charge is 0.243 e. The predicted octanol–water partition coefficient (Wildman–Crippen LogP) is 5.15. The van der Waals surface area contributed by atoms with Crippen LogP contribution in [0.3, 0.4) is 0 Å². The standard InChI is InChI=1S/C27H29N3O5S2/c1-18-14-19(2)25-24(15-18)28-27(36-25)30(17-22-7-5-13-35-22)26(31)20-6-4-12-29(16-20)37(32,33)23-10-8-21(34-3)9-11-23/h5,7-11,13-15,20H,4,6,12,16-17H2,1-3H3. The third kappa shape index (κ3) is 5.14. The van der Waals surface area contributed by atoms with Gasteiger partial charge in [-0.25, -0.2) is 13.4 Å². The highest BCUT2D eigenvalue weighted by molar-refractivity contribution is 7.89. The number of aromatic nitrogens is 1. The van der Waals surface area contributed by atoms with Crippen molar-refractivity contribution in [1.29, 1.82) is 0 Å². The van der Waals surface area contributed by atoms with Crippen molar-refractivity contribution in [3.05, 3.63) is 71.7 Å². The number of benzene rings is 2. The van der Waals surface area contributed by atoms with E-state index in [1.807, 2.05) is 26.0 Å². The third-order valence-corrected chi connectivity index (χ3v) is 9.74. The average Bonchev–Trinajstić information content (AvgIpc) is 3.57. The minimum atomic E-state index is -3.75. The predicted molar refractivity (Wildman–Crippen MR) is 143 cm³/mol. The average molecular weight is 540 g/mol. The van der Waals surface area contributed by atoms with Gasteiger partial charge in [-0.3, -0.25) is 9.69 Å². The zero-order chi connectivity index (χ0) is 26.2. The lowest BCUT2D eigenvalue weighted by Gasteiger charge is -2.33. The number of methoxy groups -OCH3 is 1. The molecule has 1 aliphatic heterocycles. The van der Waals surface area contributed by atoms with Crippen molar-refractivity contribution in [3.63, 3.8) is 0 Å². The molecule has 37 heavy (non-hydrogen) atoms. The van der Waals surface area contributed by atoms with Crippen LogP contribution in [-0.2, 0) is 21.4 Å². The molecule has 0 aliphatic carbocycles. The normalized spacial score (nSPS) is 16.7. The number of nitrogens with zero attached hydrogens (tertiary/aromatic N) is 3. The van der Waals surface area contributed by atoms with E-state index in [0.29, 0.717) is 36.0 Å². The van der Waals surface area contributed by atoms with Crippen LogP contribution in [0.4, 0.5) is 5.13 Å². The Labute approximate surface area is 220 Å². The Hall–Kier alpha value is -3.21. The number of hydrogen-bond acceptors (Lipinski definition) is 7. The van der Waals surface area contributed by atoms with E-state index in [2.05, 4.69) is 6.07 Å². The van der Waals surface area contributed by atoms with Crippen molar-refractivity contribution in [1.82, 2.24) is 9.29 Å². The van der Waals surface area contributed by atoms with Crippen molar-refractivity contribution in [2.24, 2.45) is 5.92 Å². The molecule has 1 atom stereocenters. The van der Waals surface area contributed by atoms with Gasteiger partial charge in [-0.05, 0) is 80.3 Å². The van der Waals surface area contributed by atoms with Crippen LogP contribution >= 0.6 is 11.3 Å². The molecule has 1 saturated heterocycles. The summed E-state index contributed by atoms with van der Waals surface area (Å²) in [5.74, 6) is 0.575. The van der Waals surface area contributed by atoms with Crippen molar-refractivity contribution in [3.8, 4) is 5.75 Å². The molecule has 2 aromatic heterocycles. The molecule has 1 aliphatic rings. The largest absolute Gasteiger partial charge is 0.497 e. The van der Waals surface area contributed by atoms with E-state index in [1.165, 1.54) is 34.9 Å². The van der Waals surface area contributed by atoms with E-state index < -0.39 is 15.9 Å². The maximum atomic E-state index is 14.0. The number of fused-ring (bicyclic) bond motifs is 1. The second-order valence-electron chi connectivity index (χ2n) is 9.31. The van der Waals surface area contributed by atoms with Gasteiger partial charge < -0.3 is 9.15 Å². The molecular formula is C27H29N3O5S2. The Morgan fingerprint density at radius 2 is 2.00 bits per heavy atom. The minimum absolute atomic E-state index is 0.116. The number of furan rings is 1. The van der Waals surface area contributed by atoms with Gasteiger partial charge >= 0.3 is 0 Å². The number of hydrogen-bond donors (Lipinski definition) is 0. The van der Waals surface area contributed by atoms with Crippen LogP contribution in [0.5, 0.6) is 5.75 Å². The molecule has 1 unspecified atom stereocenters. The van der Waals surface area contributed by atoms with E-state index in [1.54, 1.807) is 29.4 Å². The number of thiazole rings is 1. The monoisotopic (exact) mass is 539 g/mol. The quantitative estimate of drug-likeness (QED) is 0.323. The van der Waals surface area contributed by atoms with Gasteiger partial charge in [0.05, 0.1) is 40.9 Å². The van der Waals surface area contributed by atoms with Crippen LogP contribution in [0.25, 0.3) is 10.2 Å². The van der Waals surface area contributed by atoms with Gasteiger partial charge in [-0.1, -0.05) is 17.4 Å². The molecule has 1 fully saturated rings. The van der Waals surface area contributed by atoms with Gasteiger partial charge in [0.15, 0.2) is 5.13 Å². The molecule has 0 spiro atoms. The molecule has 3 heterocycles. The third-order valence-electron chi connectivity index (χ3n) is 6.63. The number of aryl methyl sites for hydroxylation is 2. The summed E-state index contributed by atoms with van der Waals surface area (Å²) in [7, 11) is -2.21. The van der Waals surface area contributed by atoms with Crippen LogP contribution in [0.15, 0.2) is 64.1 Å². The molecule has 0 N–H and O–H groups in total. The number of ether oxygens (including phenoxy) is 1. The summed E-state index contributed by atoms with van der Waals surface area (Å²) in [5.41, 5.74) is 3.07. The Morgan fingerprint density at radius 1 is 1.22 bits per heavy atom. The fraction of sp³-hybridized carbons (Fsp3) is 0.333. The number of amides is 1.